The van der Waals surface area contributed by atoms with E-state index in [0.29, 0.717) is 18.1 Å². The highest BCUT2D eigenvalue weighted by molar-refractivity contribution is 5.90. The Morgan fingerprint density at radius 3 is 2.83 bits per heavy atom. The summed E-state index contributed by atoms with van der Waals surface area (Å²) in [6.45, 7) is 0.707. The van der Waals surface area contributed by atoms with Gasteiger partial charge >= 0.3 is 0 Å². The van der Waals surface area contributed by atoms with Crippen molar-refractivity contribution in [3.63, 3.8) is 0 Å². The summed E-state index contributed by atoms with van der Waals surface area (Å²) in [5, 5.41) is 22.5. The monoisotopic (exact) mass is 316 g/mol. The summed E-state index contributed by atoms with van der Waals surface area (Å²) in [4.78, 5) is 0. The zero-order valence-electron chi connectivity index (χ0n) is 13.1. The van der Waals surface area contributed by atoms with Crippen molar-refractivity contribution >= 4 is 16.6 Å². The first kappa shape index (κ1) is 14.5. The molecule has 0 bridgehead atoms. The van der Waals surface area contributed by atoms with Crippen LogP contribution in [0, 0.1) is 11.3 Å². The fourth-order valence-electron chi connectivity index (χ4n) is 3.11. The summed E-state index contributed by atoms with van der Waals surface area (Å²) >= 11 is 0. The van der Waals surface area contributed by atoms with Crippen LogP contribution in [0.3, 0.4) is 0 Å². The fourth-order valence-corrected chi connectivity index (χ4v) is 3.11. The number of hydrogen-bond acceptors (Lipinski definition) is 5. The molecule has 118 valence electrons. The van der Waals surface area contributed by atoms with E-state index < -0.39 is 0 Å². The standard InChI is InChI=1S/C19H16N4O/c20-12-14-8-10-18(23-22-14)21-17-6-3-11-24-19-15-5-2-1-4-13(15)7-9-16(17)19/h1-2,4-5,7-10,17H,3,6,11H2,(H,21,23). The number of nitrogens with zero attached hydrogens (tertiary/aromatic N) is 3. The van der Waals surface area contributed by atoms with Crippen LogP contribution in [-0.2, 0) is 0 Å². The molecule has 1 aliphatic rings. The number of ether oxygens (including phenoxy) is 1. The molecule has 3 aromatic rings. The molecule has 0 saturated heterocycles. The van der Waals surface area contributed by atoms with Crippen molar-refractivity contribution in [2.75, 3.05) is 11.9 Å². The van der Waals surface area contributed by atoms with E-state index in [2.05, 4.69) is 39.8 Å². The molecule has 1 aromatic heterocycles. The van der Waals surface area contributed by atoms with E-state index in [1.54, 1.807) is 12.1 Å². The number of hydrogen-bond donors (Lipinski definition) is 1. The Bertz CT molecular complexity index is 915. The molecular weight excluding hydrogens is 300 g/mol. The minimum Gasteiger partial charge on any atom is -0.493 e. The lowest BCUT2D eigenvalue weighted by molar-refractivity contribution is 0.320. The Balaban J connectivity index is 1.72. The fraction of sp³-hybridized carbons (Fsp3) is 0.211. The molecule has 1 atom stereocenters. The van der Waals surface area contributed by atoms with Crippen LogP contribution >= 0.6 is 0 Å². The van der Waals surface area contributed by atoms with Crippen molar-refractivity contribution in [2.24, 2.45) is 0 Å². The third-order valence-corrected chi connectivity index (χ3v) is 4.27. The highest BCUT2D eigenvalue weighted by Crippen LogP contribution is 2.38. The molecule has 1 N–H and O–H groups in total. The van der Waals surface area contributed by atoms with Crippen molar-refractivity contribution in [1.82, 2.24) is 10.2 Å². The van der Waals surface area contributed by atoms with E-state index in [0.717, 1.165) is 29.5 Å². The number of rotatable bonds is 2. The van der Waals surface area contributed by atoms with Crippen molar-refractivity contribution in [2.45, 2.75) is 18.9 Å². The number of fused-ring (bicyclic) bond motifs is 3. The third-order valence-electron chi connectivity index (χ3n) is 4.27. The van der Waals surface area contributed by atoms with Gasteiger partial charge in [0.05, 0.1) is 12.6 Å². The largest absolute Gasteiger partial charge is 0.493 e. The highest BCUT2D eigenvalue weighted by atomic mass is 16.5. The van der Waals surface area contributed by atoms with Crippen molar-refractivity contribution in [3.05, 3.63) is 59.8 Å². The van der Waals surface area contributed by atoms with Crippen LogP contribution in [0.2, 0.25) is 0 Å². The number of aromatic nitrogens is 2. The molecule has 0 aliphatic carbocycles. The van der Waals surface area contributed by atoms with Gasteiger partial charge in [0.15, 0.2) is 5.69 Å². The van der Waals surface area contributed by atoms with E-state index >= 15 is 0 Å². The molecule has 4 rings (SSSR count). The Morgan fingerprint density at radius 1 is 1.08 bits per heavy atom. The molecule has 5 nitrogen and oxygen atoms in total. The molecule has 0 fully saturated rings. The van der Waals surface area contributed by atoms with Gasteiger partial charge in [0.1, 0.15) is 17.6 Å². The van der Waals surface area contributed by atoms with Crippen LogP contribution in [-0.4, -0.2) is 16.8 Å². The predicted octanol–water partition coefficient (Wildman–Crippen LogP) is 3.83. The van der Waals surface area contributed by atoms with Gasteiger partial charge < -0.3 is 10.1 Å². The van der Waals surface area contributed by atoms with Gasteiger partial charge in [0.25, 0.3) is 0 Å². The molecule has 1 aliphatic heterocycles. The SMILES string of the molecule is N#Cc1ccc(NC2CCCOc3c2ccc2ccccc32)nn1. The third kappa shape index (κ3) is 2.63. The summed E-state index contributed by atoms with van der Waals surface area (Å²) in [5.74, 6) is 1.62. The number of nitriles is 1. The minimum absolute atomic E-state index is 0.106. The van der Waals surface area contributed by atoms with Crippen molar-refractivity contribution < 1.29 is 4.74 Å². The van der Waals surface area contributed by atoms with Crippen molar-refractivity contribution in [3.8, 4) is 11.8 Å². The maximum Gasteiger partial charge on any atom is 0.163 e. The first-order valence-electron chi connectivity index (χ1n) is 8.00. The number of anilines is 1. The van der Waals surface area contributed by atoms with Crippen LogP contribution in [0.25, 0.3) is 10.8 Å². The molecule has 2 aromatic carbocycles. The lowest BCUT2D eigenvalue weighted by Gasteiger charge is -2.19. The van der Waals surface area contributed by atoms with Gasteiger partial charge in [-0.1, -0.05) is 36.4 Å². The van der Waals surface area contributed by atoms with Gasteiger partial charge in [-0.3, -0.25) is 0 Å². The normalized spacial score (nSPS) is 16.5. The average Bonchev–Trinajstić information content (AvgIpc) is 2.85. The second-order valence-corrected chi connectivity index (χ2v) is 5.81. The number of nitrogens with one attached hydrogen (secondary N) is 1. The van der Waals surface area contributed by atoms with Crippen molar-refractivity contribution in [1.29, 1.82) is 5.26 Å². The Labute approximate surface area is 139 Å². The molecule has 0 saturated carbocycles. The molecule has 5 heteroatoms. The van der Waals surface area contributed by atoms with E-state index in [1.807, 2.05) is 18.2 Å². The van der Waals surface area contributed by atoms with Gasteiger partial charge in [0, 0.05) is 10.9 Å². The second-order valence-electron chi connectivity index (χ2n) is 5.81. The summed E-state index contributed by atoms with van der Waals surface area (Å²) in [7, 11) is 0. The van der Waals surface area contributed by atoms with E-state index in [4.69, 9.17) is 10.00 Å². The smallest absolute Gasteiger partial charge is 0.163 e. The zero-order valence-corrected chi connectivity index (χ0v) is 13.1. The molecule has 0 radical (unpaired) electrons. The Hall–Kier alpha value is -3.13. The molecule has 24 heavy (non-hydrogen) atoms. The quantitative estimate of drug-likeness (QED) is 0.778. The Kier molecular flexibility index (Phi) is 3.72. The molecule has 1 unspecified atom stereocenters. The van der Waals surface area contributed by atoms with Crippen LogP contribution in [0.5, 0.6) is 5.75 Å². The molecule has 0 spiro atoms. The minimum atomic E-state index is 0.106. The van der Waals surface area contributed by atoms with Gasteiger partial charge in [-0.15, -0.1) is 10.2 Å². The van der Waals surface area contributed by atoms with Crippen LogP contribution in [0.4, 0.5) is 5.82 Å². The maximum atomic E-state index is 8.83. The van der Waals surface area contributed by atoms with Gasteiger partial charge in [0.2, 0.25) is 0 Å². The lowest BCUT2D eigenvalue weighted by Crippen LogP contribution is -2.12. The van der Waals surface area contributed by atoms with Crippen LogP contribution in [0.1, 0.15) is 30.1 Å². The van der Waals surface area contributed by atoms with Gasteiger partial charge in [-0.2, -0.15) is 5.26 Å². The summed E-state index contributed by atoms with van der Waals surface area (Å²) < 4.78 is 6.05. The zero-order chi connectivity index (χ0) is 16.4. The topological polar surface area (TPSA) is 70.8 Å². The van der Waals surface area contributed by atoms with Crippen LogP contribution < -0.4 is 10.1 Å². The summed E-state index contributed by atoms with van der Waals surface area (Å²) in [5.41, 5.74) is 1.45. The predicted molar refractivity (Wildman–Crippen MR) is 91.8 cm³/mol. The molecule has 0 amide bonds. The first-order valence-corrected chi connectivity index (χ1v) is 8.00. The Morgan fingerprint density at radius 2 is 2.00 bits per heavy atom. The molecule has 2 heterocycles. The summed E-state index contributed by atoms with van der Waals surface area (Å²) in [6.07, 6.45) is 1.91. The first-order chi connectivity index (χ1) is 11.8. The molecular formula is C19H16N4O. The maximum absolute atomic E-state index is 8.83. The number of benzene rings is 2. The van der Waals surface area contributed by atoms with Gasteiger partial charge in [-0.25, -0.2) is 0 Å². The average molecular weight is 316 g/mol. The van der Waals surface area contributed by atoms with E-state index in [-0.39, 0.29) is 6.04 Å². The second kappa shape index (κ2) is 6.17. The highest BCUT2D eigenvalue weighted by Gasteiger charge is 2.22. The van der Waals surface area contributed by atoms with Gasteiger partial charge in [-0.05, 0) is 30.4 Å². The lowest BCUT2D eigenvalue weighted by atomic mass is 9.98. The summed E-state index contributed by atoms with van der Waals surface area (Å²) in [6, 6.07) is 18.1. The van der Waals surface area contributed by atoms with E-state index in [1.165, 1.54) is 5.39 Å². The van der Waals surface area contributed by atoms with E-state index in [9.17, 15) is 0 Å². The van der Waals surface area contributed by atoms with Crippen LogP contribution in [0.15, 0.2) is 48.5 Å².